The van der Waals surface area contributed by atoms with Crippen LogP contribution in [0.2, 0.25) is 0 Å². The van der Waals surface area contributed by atoms with Crippen molar-refractivity contribution >= 4 is 21.7 Å². The molecular weight excluding hydrogens is 366 g/mol. The molecule has 1 fully saturated rings. The third-order valence-corrected chi connectivity index (χ3v) is 6.30. The van der Waals surface area contributed by atoms with Gasteiger partial charge >= 0.3 is 6.03 Å². The zero-order valence-corrected chi connectivity index (χ0v) is 15.9. The minimum absolute atomic E-state index is 0.230. The van der Waals surface area contributed by atoms with E-state index in [0.29, 0.717) is 25.3 Å². The van der Waals surface area contributed by atoms with Crippen LogP contribution in [0.3, 0.4) is 0 Å². The number of nitrogens with zero attached hydrogens (tertiary/aromatic N) is 3. The monoisotopic (exact) mass is 389 g/mol. The van der Waals surface area contributed by atoms with Crippen molar-refractivity contribution in [1.82, 2.24) is 19.5 Å². The highest BCUT2D eigenvalue weighted by Gasteiger charge is 2.27. The summed E-state index contributed by atoms with van der Waals surface area (Å²) < 4.78 is 26.9. The lowest BCUT2D eigenvalue weighted by Crippen LogP contribution is -2.46. The Labute approximate surface area is 159 Å². The minimum Gasteiger partial charge on any atom is -0.334 e. The molecule has 9 heteroatoms. The molecule has 0 atom stereocenters. The van der Waals surface area contributed by atoms with Crippen LogP contribution >= 0.6 is 0 Å². The summed E-state index contributed by atoms with van der Waals surface area (Å²) in [4.78, 5) is 18.3. The van der Waals surface area contributed by atoms with Crippen LogP contribution in [0, 0.1) is 0 Å². The Hall–Kier alpha value is -2.49. The highest BCUT2D eigenvalue weighted by atomic mass is 32.2. The van der Waals surface area contributed by atoms with Gasteiger partial charge in [0, 0.05) is 50.8 Å². The van der Waals surface area contributed by atoms with Crippen molar-refractivity contribution in [2.24, 2.45) is 0 Å². The molecule has 1 aliphatic rings. The molecule has 1 aromatic heterocycles. The quantitative estimate of drug-likeness (QED) is 0.805. The third-order valence-electron chi connectivity index (χ3n) is 4.39. The summed E-state index contributed by atoms with van der Waals surface area (Å²) in [5.41, 5.74) is 1.41. The summed E-state index contributed by atoms with van der Waals surface area (Å²) in [5, 5.41) is 5.42. The lowest BCUT2D eigenvalue weighted by molar-refractivity contribution is 0.222. The maximum Gasteiger partial charge on any atom is 0.319 e. The van der Waals surface area contributed by atoms with Gasteiger partial charge in [-0.25, -0.2) is 13.2 Å². The van der Waals surface area contributed by atoms with Gasteiger partial charge in [0.15, 0.2) is 0 Å². The Kier molecular flexibility index (Phi) is 6.04. The zero-order chi connectivity index (χ0) is 19.3. The number of pyridine rings is 1. The van der Waals surface area contributed by atoms with E-state index in [4.69, 9.17) is 0 Å². The van der Waals surface area contributed by atoms with Crippen molar-refractivity contribution < 1.29 is 13.2 Å². The summed E-state index contributed by atoms with van der Waals surface area (Å²) in [6.07, 6.45) is 3.35. The number of rotatable bonds is 5. The van der Waals surface area contributed by atoms with Gasteiger partial charge in [0.1, 0.15) is 0 Å². The second kappa shape index (κ2) is 8.47. The van der Waals surface area contributed by atoms with Crippen molar-refractivity contribution in [3.63, 3.8) is 0 Å². The molecule has 144 valence electrons. The topological polar surface area (TPSA) is 94.6 Å². The van der Waals surface area contributed by atoms with E-state index >= 15 is 0 Å². The largest absolute Gasteiger partial charge is 0.334 e. The number of aromatic nitrogens is 1. The molecule has 3 rings (SSSR count). The first kappa shape index (κ1) is 19.3. The fourth-order valence-electron chi connectivity index (χ4n) is 2.75. The predicted molar refractivity (Wildman–Crippen MR) is 103 cm³/mol. The molecule has 2 aromatic rings. The average Bonchev–Trinajstić information content (AvgIpc) is 2.68. The molecule has 0 bridgehead atoms. The first-order chi connectivity index (χ1) is 12.9. The fourth-order valence-corrected chi connectivity index (χ4v) is 4.17. The lowest BCUT2D eigenvalue weighted by Gasteiger charge is -2.31. The first-order valence-corrected chi connectivity index (χ1v) is 10.1. The number of likely N-dealkylation sites (N-methyl/N-ethyl adjacent to an activating group) is 1. The summed E-state index contributed by atoms with van der Waals surface area (Å²) >= 11 is 0. The van der Waals surface area contributed by atoms with E-state index in [9.17, 15) is 13.2 Å². The number of anilines is 1. The molecule has 0 aliphatic carbocycles. The number of carbonyl (C=O) groups excluding carboxylic acids is 1. The van der Waals surface area contributed by atoms with Gasteiger partial charge in [-0.2, -0.15) is 4.31 Å². The minimum atomic E-state index is -3.51. The first-order valence-electron chi connectivity index (χ1n) is 8.68. The fraction of sp³-hybridized carbons (Fsp3) is 0.333. The van der Waals surface area contributed by atoms with Gasteiger partial charge in [-0.15, -0.1) is 0 Å². The van der Waals surface area contributed by atoms with E-state index in [1.807, 2.05) is 13.1 Å². The van der Waals surface area contributed by atoms with Crippen molar-refractivity contribution in [2.75, 3.05) is 38.5 Å². The van der Waals surface area contributed by atoms with Crippen LogP contribution in [0.15, 0.2) is 53.7 Å². The molecule has 0 unspecified atom stereocenters. The third kappa shape index (κ3) is 5.03. The van der Waals surface area contributed by atoms with E-state index in [1.165, 1.54) is 16.4 Å². The molecule has 2 amide bonds. The van der Waals surface area contributed by atoms with Crippen LogP contribution in [-0.4, -0.2) is 61.9 Å². The Bertz CT molecular complexity index is 864. The Balaban J connectivity index is 1.57. The van der Waals surface area contributed by atoms with Crippen molar-refractivity contribution in [3.05, 3.63) is 54.4 Å². The second-order valence-corrected chi connectivity index (χ2v) is 8.34. The summed E-state index contributed by atoms with van der Waals surface area (Å²) in [5.74, 6) is 0. The molecule has 0 spiro atoms. The summed E-state index contributed by atoms with van der Waals surface area (Å²) in [6.45, 7) is 2.76. The van der Waals surface area contributed by atoms with E-state index in [1.54, 1.807) is 30.6 Å². The van der Waals surface area contributed by atoms with Gasteiger partial charge in [0.25, 0.3) is 0 Å². The number of nitrogens with one attached hydrogen (secondary N) is 2. The zero-order valence-electron chi connectivity index (χ0n) is 15.1. The number of hydrogen-bond donors (Lipinski definition) is 2. The molecule has 2 N–H and O–H groups in total. The standard InChI is InChI=1S/C18H23N5O3S/c1-22-9-11-23(12-10-22)27(25,26)17-6-4-16(5-7-17)21-18(24)20-14-15-3-2-8-19-13-15/h2-8,13H,9-12,14H2,1H3,(H2,20,21,24). The van der Waals surface area contributed by atoms with Crippen molar-refractivity contribution in [2.45, 2.75) is 11.4 Å². The maximum atomic E-state index is 12.7. The number of urea groups is 1. The molecule has 0 radical (unpaired) electrons. The Morgan fingerprint density at radius 2 is 1.81 bits per heavy atom. The van der Waals surface area contributed by atoms with Crippen LogP contribution in [0.5, 0.6) is 0 Å². The van der Waals surface area contributed by atoms with E-state index in [0.717, 1.165) is 18.7 Å². The number of carbonyl (C=O) groups is 1. The van der Waals surface area contributed by atoms with Crippen LogP contribution < -0.4 is 10.6 Å². The number of piperazine rings is 1. The number of hydrogen-bond acceptors (Lipinski definition) is 5. The van der Waals surface area contributed by atoms with Gasteiger partial charge in [0.05, 0.1) is 4.90 Å². The number of benzene rings is 1. The number of amides is 2. The van der Waals surface area contributed by atoms with E-state index in [2.05, 4.69) is 20.5 Å². The van der Waals surface area contributed by atoms with Gasteiger partial charge in [-0.1, -0.05) is 6.07 Å². The van der Waals surface area contributed by atoms with Crippen molar-refractivity contribution in [3.8, 4) is 0 Å². The predicted octanol–water partition coefficient (Wildman–Crippen LogP) is 1.34. The smallest absolute Gasteiger partial charge is 0.319 e. The molecule has 1 aliphatic heterocycles. The second-order valence-electron chi connectivity index (χ2n) is 6.40. The van der Waals surface area contributed by atoms with Crippen molar-refractivity contribution in [1.29, 1.82) is 0 Å². The summed E-state index contributed by atoms with van der Waals surface area (Å²) in [6, 6.07) is 9.52. The van der Waals surface area contributed by atoms with Crippen LogP contribution in [0.1, 0.15) is 5.56 Å². The van der Waals surface area contributed by atoms with Crippen LogP contribution in [0.25, 0.3) is 0 Å². The lowest BCUT2D eigenvalue weighted by atomic mass is 10.3. The molecule has 27 heavy (non-hydrogen) atoms. The van der Waals surface area contributed by atoms with Gasteiger partial charge in [-0.3, -0.25) is 4.98 Å². The van der Waals surface area contributed by atoms with E-state index < -0.39 is 10.0 Å². The number of sulfonamides is 1. The molecular formula is C18H23N5O3S. The normalized spacial score (nSPS) is 16.0. The van der Waals surface area contributed by atoms with Gasteiger partial charge in [-0.05, 0) is 42.9 Å². The van der Waals surface area contributed by atoms with Gasteiger partial charge in [0.2, 0.25) is 10.0 Å². The van der Waals surface area contributed by atoms with Crippen LogP contribution in [-0.2, 0) is 16.6 Å². The van der Waals surface area contributed by atoms with E-state index in [-0.39, 0.29) is 10.9 Å². The molecule has 2 heterocycles. The average molecular weight is 389 g/mol. The molecule has 1 aromatic carbocycles. The van der Waals surface area contributed by atoms with Gasteiger partial charge < -0.3 is 15.5 Å². The highest BCUT2D eigenvalue weighted by molar-refractivity contribution is 7.89. The Morgan fingerprint density at radius 1 is 1.11 bits per heavy atom. The Morgan fingerprint density at radius 3 is 2.44 bits per heavy atom. The summed E-state index contributed by atoms with van der Waals surface area (Å²) in [7, 11) is -1.53. The molecule has 1 saturated heterocycles. The van der Waals surface area contributed by atoms with Crippen LogP contribution in [0.4, 0.5) is 10.5 Å². The molecule has 0 saturated carbocycles. The SMILES string of the molecule is CN1CCN(S(=O)(=O)c2ccc(NC(=O)NCc3cccnc3)cc2)CC1. The highest BCUT2D eigenvalue weighted by Crippen LogP contribution is 2.19. The maximum absolute atomic E-state index is 12.7. The molecule has 8 nitrogen and oxygen atoms in total.